The number of sulfonamides is 1. The standard InChI is InChI=1S/C16H22ClN3O5S/c1-2-3-6-18-15(21)16(22)19-14-11-12(4-5-13(14)17)26(23,24)20-7-9-25-10-8-20/h4-5,11H,2-3,6-10H2,1H3,(H,18,21)(H,19,22). The highest BCUT2D eigenvalue weighted by atomic mass is 35.5. The van der Waals surface area contributed by atoms with Crippen LogP contribution in [0.15, 0.2) is 23.1 Å². The molecule has 0 aliphatic carbocycles. The normalized spacial score (nSPS) is 15.5. The summed E-state index contributed by atoms with van der Waals surface area (Å²) in [6.07, 6.45) is 1.64. The van der Waals surface area contributed by atoms with Crippen molar-refractivity contribution in [1.29, 1.82) is 0 Å². The number of nitrogens with zero attached hydrogens (tertiary/aromatic N) is 1. The molecular weight excluding hydrogens is 382 g/mol. The van der Waals surface area contributed by atoms with Gasteiger partial charge in [-0.25, -0.2) is 8.42 Å². The van der Waals surface area contributed by atoms with Gasteiger partial charge in [0.15, 0.2) is 0 Å². The number of rotatable bonds is 6. The van der Waals surface area contributed by atoms with Crippen molar-refractivity contribution in [3.63, 3.8) is 0 Å². The molecule has 26 heavy (non-hydrogen) atoms. The van der Waals surface area contributed by atoms with Gasteiger partial charge in [0.2, 0.25) is 10.0 Å². The summed E-state index contributed by atoms with van der Waals surface area (Å²) in [6, 6.07) is 3.99. The number of morpholine rings is 1. The van der Waals surface area contributed by atoms with Crippen molar-refractivity contribution in [2.75, 3.05) is 38.2 Å². The molecule has 1 fully saturated rings. The monoisotopic (exact) mass is 403 g/mol. The van der Waals surface area contributed by atoms with Gasteiger partial charge in [0.05, 0.1) is 28.8 Å². The molecule has 2 N–H and O–H groups in total. The first-order valence-corrected chi connectivity index (χ1v) is 10.1. The first-order chi connectivity index (χ1) is 12.4. The molecule has 0 aromatic heterocycles. The second kappa shape index (κ2) is 9.31. The van der Waals surface area contributed by atoms with Crippen molar-refractivity contribution in [3.8, 4) is 0 Å². The average Bonchev–Trinajstić information content (AvgIpc) is 2.64. The topological polar surface area (TPSA) is 105 Å². The molecule has 1 aromatic rings. The number of hydrogen-bond acceptors (Lipinski definition) is 5. The Hall–Kier alpha value is -1.68. The zero-order valence-electron chi connectivity index (χ0n) is 14.5. The zero-order chi connectivity index (χ0) is 19.2. The lowest BCUT2D eigenvalue weighted by molar-refractivity contribution is -0.136. The van der Waals surface area contributed by atoms with Crippen LogP contribution in [-0.2, 0) is 24.3 Å². The van der Waals surface area contributed by atoms with E-state index in [9.17, 15) is 18.0 Å². The second-order valence-corrected chi connectivity index (χ2v) is 8.07. The molecule has 1 aliphatic rings. The summed E-state index contributed by atoms with van der Waals surface area (Å²) >= 11 is 6.03. The number of unbranched alkanes of at least 4 members (excludes halogenated alkanes) is 1. The van der Waals surface area contributed by atoms with Gasteiger partial charge in [0, 0.05) is 19.6 Å². The summed E-state index contributed by atoms with van der Waals surface area (Å²) < 4.78 is 31.8. The van der Waals surface area contributed by atoms with Crippen LogP contribution in [0.3, 0.4) is 0 Å². The number of carbonyl (C=O) groups is 2. The summed E-state index contributed by atoms with van der Waals surface area (Å²) in [4.78, 5) is 23.7. The fourth-order valence-corrected chi connectivity index (χ4v) is 3.93. The van der Waals surface area contributed by atoms with E-state index in [1.807, 2.05) is 6.92 Å². The van der Waals surface area contributed by atoms with Crippen molar-refractivity contribution < 1.29 is 22.7 Å². The van der Waals surface area contributed by atoms with Crippen molar-refractivity contribution in [2.45, 2.75) is 24.7 Å². The molecule has 2 rings (SSSR count). The molecule has 2 amide bonds. The Morgan fingerprint density at radius 1 is 1.23 bits per heavy atom. The number of ether oxygens (including phenoxy) is 1. The summed E-state index contributed by atoms with van der Waals surface area (Å²) in [6.45, 7) is 3.52. The van der Waals surface area contributed by atoms with Gasteiger partial charge in [-0.2, -0.15) is 4.31 Å². The van der Waals surface area contributed by atoms with Crippen LogP contribution >= 0.6 is 11.6 Å². The van der Waals surface area contributed by atoms with Gasteiger partial charge in [-0.1, -0.05) is 24.9 Å². The van der Waals surface area contributed by atoms with Crippen LogP contribution in [0.1, 0.15) is 19.8 Å². The van der Waals surface area contributed by atoms with Gasteiger partial charge in [-0.05, 0) is 24.6 Å². The molecule has 0 unspecified atom stereocenters. The molecule has 0 spiro atoms. The van der Waals surface area contributed by atoms with E-state index < -0.39 is 21.8 Å². The van der Waals surface area contributed by atoms with Gasteiger partial charge >= 0.3 is 11.8 Å². The molecule has 0 atom stereocenters. The molecule has 0 bridgehead atoms. The van der Waals surface area contributed by atoms with Crippen molar-refractivity contribution in [1.82, 2.24) is 9.62 Å². The lowest BCUT2D eigenvalue weighted by Gasteiger charge is -2.26. The van der Waals surface area contributed by atoms with Crippen molar-refractivity contribution in [3.05, 3.63) is 23.2 Å². The van der Waals surface area contributed by atoms with Crippen LogP contribution < -0.4 is 10.6 Å². The molecule has 8 nitrogen and oxygen atoms in total. The lowest BCUT2D eigenvalue weighted by Crippen LogP contribution is -2.40. The Kier molecular flexibility index (Phi) is 7.39. The number of carbonyl (C=O) groups excluding carboxylic acids is 2. The SMILES string of the molecule is CCCCNC(=O)C(=O)Nc1cc(S(=O)(=O)N2CCOCC2)ccc1Cl. The minimum absolute atomic E-state index is 0.00880. The van der Waals surface area contributed by atoms with Crippen LogP contribution in [0, 0.1) is 0 Å². The summed E-state index contributed by atoms with van der Waals surface area (Å²) in [5.74, 6) is -1.69. The van der Waals surface area contributed by atoms with Crippen LogP contribution in [0.2, 0.25) is 5.02 Å². The Bertz CT molecular complexity index is 763. The van der Waals surface area contributed by atoms with Crippen LogP contribution in [0.4, 0.5) is 5.69 Å². The number of nitrogens with one attached hydrogen (secondary N) is 2. The minimum Gasteiger partial charge on any atom is -0.379 e. The Balaban J connectivity index is 2.14. The molecule has 1 saturated heterocycles. The highest BCUT2D eigenvalue weighted by Gasteiger charge is 2.27. The van der Waals surface area contributed by atoms with Crippen LogP contribution in [0.5, 0.6) is 0 Å². The van der Waals surface area contributed by atoms with Gasteiger partial charge in [0.25, 0.3) is 0 Å². The maximum absolute atomic E-state index is 12.7. The van der Waals surface area contributed by atoms with Crippen molar-refractivity contribution in [2.24, 2.45) is 0 Å². The lowest BCUT2D eigenvalue weighted by atomic mass is 10.3. The Morgan fingerprint density at radius 2 is 1.92 bits per heavy atom. The molecular formula is C16H22ClN3O5S. The largest absolute Gasteiger partial charge is 0.379 e. The number of hydrogen-bond donors (Lipinski definition) is 2. The number of benzene rings is 1. The van der Waals surface area contributed by atoms with Gasteiger partial charge in [-0.3, -0.25) is 9.59 Å². The number of anilines is 1. The molecule has 1 heterocycles. The molecule has 1 aromatic carbocycles. The van der Waals surface area contributed by atoms with Crippen molar-refractivity contribution >= 4 is 39.1 Å². The molecule has 0 saturated carbocycles. The fourth-order valence-electron chi connectivity index (χ4n) is 2.33. The van der Waals surface area contributed by atoms with Crippen LogP contribution in [0.25, 0.3) is 0 Å². The summed E-state index contributed by atoms with van der Waals surface area (Å²) in [5, 5.41) is 4.99. The average molecular weight is 404 g/mol. The smallest absolute Gasteiger partial charge is 0.313 e. The van der Waals surface area contributed by atoms with E-state index in [2.05, 4.69) is 10.6 Å². The fraction of sp³-hybridized carbons (Fsp3) is 0.500. The third-order valence-corrected chi connectivity index (χ3v) is 6.04. The highest BCUT2D eigenvalue weighted by Crippen LogP contribution is 2.27. The van der Waals surface area contributed by atoms with E-state index in [1.54, 1.807) is 0 Å². The summed E-state index contributed by atoms with van der Waals surface area (Å²) in [7, 11) is -3.73. The maximum atomic E-state index is 12.7. The molecule has 0 radical (unpaired) electrons. The van der Waals surface area contributed by atoms with Gasteiger partial charge < -0.3 is 15.4 Å². The number of amides is 2. The quantitative estimate of drug-likeness (QED) is 0.548. The van der Waals surface area contributed by atoms with Gasteiger partial charge in [0.1, 0.15) is 0 Å². The highest BCUT2D eigenvalue weighted by molar-refractivity contribution is 7.89. The van der Waals surface area contributed by atoms with E-state index in [0.29, 0.717) is 19.8 Å². The first-order valence-electron chi connectivity index (χ1n) is 8.33. The Labute approximate surface area is 157 Å². The zero-order valence-corrected chi connectivity index (χ0v) is 16.0. The third-order valence-electron chi connectivity index (χ3n) is 3.82. The van der Waals surface area contributed by atoms with E-state index in [4.69, 9.17) is 16.3 Å². The van der Waals surface area contributed by atoms with Crippen LogP contribution in [-0.4, -0.2) is 57.4 Å². The van der Waals surface area contributed by atoms with E-state index >= 15 is 0 Å². The van der Waals surface area contributed by atoms with E-state index in [0.717, 1.165) is 12.8 Å². The van der Waals surface area contributed by atoms with E-state index in [-0.39, 0.29) is 28.7 Å². The Morgan fingerprint density at radius 3 is 2.58 bits per heavy atom. The number of halogens is 1. The molecule has 10 heteroatoms. The summed E-state index contributed by atoms with van der Waals surface area (Å²) in [5.41, 5.74) is 0.0663. The molecule has 1 aliphatic heterocycles. The first kappa shape index (κ1) is 20.6. The minimum atomic E-state index is -3.73. The van der Waals surface area contributed by atoms with Gasteiger partial charge in [-0.15, -0.1) is 0 Å². The second-order valence-electron chi connectivity index (χ2n) is 5.72. The molecule has 144 valence electrons. The van der Waals surface area contributed by atoms with E-state index in [1.165, 1.54) is 22.5 Å². The predicted molar refractivity (Wildman–Crippen MR) is 97.6 cm³/mol. The maximum Gasteiger partial charge on any atom is 0.313 e. The predicted octanol–water partition coefficient (Wildman–Crippen LogP) is 1.22. The third kappa shape index (κ3) is 5.16.